The first kappa shape index (κ1) is 17.4. The lowest BCUT2D eigenvalue weighted by atomic mass is 10.0. The largest absolute Gasteiger partial charge is 0.328 e. The SMILES string of the molecule is CCCC[C@H]1C=CCN1C(=O)c1cc(-c2ccncc2)nc2ccccc12. The third kappa shape index (κ3) is 3.47. The fraction of sp³-hybridized carbons (Fsp3) is 0.261. The van der Waals surface area contributed by atoms with Crippen molar-refractivity contribution in [2.45, 2.75) is 32.2 Å². The maximum atomic E-state index is 13.5. The third-order valence-electron chi connectivity index (χ3n) is 5.10. The van der Waals surface area contributed by atoms with Crippen LogP contribution in [-0.2, 0) is 0 Å². The number of nitrogens with zero attached hydrogens (tertiary/aromatic N) is 3. The predicted octanol–water partition coefficient (Wildman–Crippen LogP) is 4.87. The zero-order chi connectivity index (χ0) is 18.6. The molecule has 0 unspecified atom stereocenters. The first-order chi connectivity index (χ1) is 13.3. The topological polar surface area (TPSA) is 46.1 Å². The van der Waals surface area contributed by atoms with Crippen molar-refractivity contribution in [2.75, 3.05) is 6.54 Å². The number of hydrogen-bond donors (Lipinski definition) is 0. The van der Waals surface area contributed by atoms with Crippen LogP contribution in [0, 0.1) is 0 Å². The van der Waals surface area contributed by atoms with Crippen molar-refractivity contribution in [2.24, 2.45) is 0 Å². The van der Waals surface area contributed by atoms with Gasteiger partial charge in [-0.25, -0.2) is 4.98 Å². The number of hydrogen-bond acceptors (Lipinski definition) is 3. The summed E-state index contributed by atoms with van der Waals surface area (Å²) in [5.41, 5.74) is 3.33. The van der Waals surface area contributed by atoms with E-state index in [-0.39, 0.29) is 11.9 Å². The molecule has 136 valence electrons. The van der Waals surface area contributed by atoms with Gasteiger partial charge in [-0.15, -0.1) is 0 Å². The molecule has 0 saturated heterocycles. The molecule has 4 nitrogen and oxygen atoms in total. The minimum absolute atomic E-state index is 0.0787. The molecule has 1 aliphatic heterocycles. The normalized spacial score (nSPS) is 16.2. The molecular formula is C23H23N3O. The van der Waals surface area contributed by atoms with Gasteiger partial charge < -0.3 is 4.90 Å². The molecule has 0 bridgehead atoms. The molecule has 1 aromatic carbocycles. The Morgan fingerprint density at radius 1 is 1.19 bits per heavy atom. The predicted molar refractivity (Wildman–Crippen MR) is 108 cm³/mol. The van der Waals surface area contributed by atoms with Crippen LogP contribution in [0.5, 0.6) is 0 Å². The van der Waals surface area contributed by atoms with Crippen molar-refractivity contribution in [1.29, 1.82) is 0 Å². The number of aromatic nitrogens is 2. The van der Waals surface area contributed by atoms with Gasteiger partial charge in [0.2, 0.25) is 0 Å². The first-order valence-corrected chi connectivity index (χ1v) is 9.55. The van der Waals surface area contributed by atoms with Crippen LogP contribution in [0.2, 0.25) is 0 Å². The van der Waals surface area contributed by atoms with Crippen molar-refractivity contribution in [3.8, 4) is 11.3 Å². The highest BCUT2D eigenvalue weighted by molar-refractivity contribution is 6.07. The Morgan fingerprint density at radius 3 is 2.81 bits per heavy atom. The van der Waals surface area contributed by atoms with E-state index < -0.39 is 0 Å². The molecule has 4 heteroatoms. The number of pyridine rings is 2. The molecular weight excluding hydrogens is 334 g/mol. The monoisotopic (exact) mass is 357 g/mol. The minimum Gasteiger partial charge on any atom is -0.328 e. The molecule has 2 aromatic heterocycles. The lowest BCUT2D eigenvalue weighted by molar-refractivity contribution is 0.0745. The van der Waals surface area contributed by atoms with Crippen LogP contribution in [0.15, 0.2) is 67.0 Å². The van der Waals surface area contributed by atoms with Crippen LogP contribution < -0.4 is 0 Å². The number of carbonyl (C=O) groups excluding carboxylic acids is 1. The maximum Gasteiger partial charge on any atom is 0.255 e. The van der Waals surface area contributed by atoms with Crippen LogP contribution in [-0.4, -0.2) is 33.4 Å². The molecule has 4 rings (SSSR count). The maximum absolute atomic E-state index is 13.5. The van der Waals surface area contributed by atoms with Crippen molar-refractivity contribution in [3.63, 3.8) is 0 Å². The van der Waals surface area contributed by atoms with Crippen LogP contribution in [0.4, 0.5) is 0 Å². The Morgan fingerprint density at radius 2 is 2.00 bits per heavy atom. The average molecular weight is 357 g/mol. The van der Waals surface area contributed by atoms with Gasteiger partial charge in [0.1, 0.15) is 0 Å². The fourth-order valence-electron chi connectivity index (χ4n) is 3.65. The van der Waals surface area contributed by atoms with E-state index in [1.807, 2.05) is 47.4 Å². The molecule has 0 N–H and O–H groups in total. The van der Waals surface area contributed by atoms with Gasteiger partial charge in [-0.1, -0.05) is 50.1 Å². The molecule has 1 aliphatic rings. The lowest BCUT2D eigenvalue weighted by Crippen LogP contribution is -2.36. The minimum atomic E-state index is 0.0787. The summed E-state index contributed by atoms with van der Waals surface area (Å²) in [5, 5.41) is 0.904. The number of amides is 1. The number of para-hydroxylation sites is 1. The summed E-state index contributed by atoms with van der Waals surface area (Å²) in [7, 11) is 0. The lowest BCUT2D eigenvalue weighted by Gasteiger charge is -2.25. The first-order valence-electron chi connectivity index (χ1n) is 9.55. The molecule has 0 saturated carbocycles. The Balaban J connectivity index is 1.77. The zero-order valence-electron chi connectivity index (χ0n) is 15.5. The van der Waals surface area contributed by atoms with E-state index in [0.717, 1.165) is 47.0 Å². The number of fused-ring (bicyclic) bond motifs is 1. The Bertz CT molecular complexity index is 981. The molecule has 27 heavy (non-hydrogen) atoms. The Labute approximate surface area is 159 Å². The van der Waals surface area contributed by atoms with Crippen molar-refractivity contribution >= 4 is 16.8 Å². The highest BCUT2D eigenvalue weighted by Crippen LogP contribution is 2.27. The summed E-state index contributed by atoms with van der Waals surface area (Å²) >= 11 is 0. The smallest absolute Gasteiger partial charge is 0.255 e. The van der Waals surface area contributed by atoms with Crippen LogP contribution in [0.25, 0.3) is 22.2 Å². The van der Waals surface area contributed by atoms with E-state index in [2.05, 4.69) is 24.1 Å². The molecule has 0 aliphatic carbocycles. The molecule has 0 fully saturated rings. The summed E-state index contributed by atoms with van der Waals surface area (Å²) < 4.78 is 0. The summed E-state index contributed by atoms with van der Waals surface area (Å²) in [6.45, 7) is 2.86. The van der Waals surface area contributed by atoms with Gasteiger partial charge in [0, 0.05) is 29.9 Å². The molecule has 1 atom stereocenters. The summed E-state index contributed by atoms with van der Waals surface area (Å²) in [6.07, 6.45) is 11.0. The molecule has 3 aromatic rings. The number of benzene rings is 1. The molecule has 3 heterocycles. The second kappa shape index (κ2) is 7.70. The number of unbranched alkanes of at least 4 members (excludes halogenated alkanes) is 1. The fourth-order valence-corrected chi connectivity index (χ4v) is 3.65. The van der Waals surface area contributed by atoms with E-state index in [4.69, 9.17) is 4.98 Å². The summed E-state index contributed by atoms with van der Waals surface area (Å²) in [6, 6.07) is 13.8. The van der Waals surface area contributed by atoms with Crippen molar-refractivity contribution < 1.29 is 4.79 Å². The number of rotatable bonds is 5. The van der Waals surface area contributed by atoms with Gasteiger partial charge in [-0.2, -0.15) is 0 Å². The van der Waals surface area contributed by atoms with E-state index in [9.17, 15) is 4.79 Å². The second-order valence-electron chi connectivity index (χ2n) is 6.90. The highest BCUT2D eigenvalue weighted by atomic mass is 16.2. The molecule has 1 amide bonds. The second-order valence-corrected chi connectivity index (χ2v) is 6.90. The molecule has 0 radical (unpaired) electrons. The van der Waals surface area contributed by atoms with Gasteiger partial charge in [0.25, 0.3) is 5.91 Å². The molecule has 0 spiro atoms. The van der Waals surface area contributed by atoms with Crippen molar-refractivity contribution in [3.05, 3.63) is 72.6 Å². The van der Waals surface area contributed by atoms with Gasteiger partial charge in [-0.05, 0) is 30.7 Å². The van der Waals surface area contributed by atoms with Gasteiger partial charge in [0.15, 0.2) is 0 Å². The summed E-state index contributed by atoms with van der Waals surface area (Å²) in [4.78, 5) is 24.3. The van der Waals surface area contributed by atoms with E-state index in [1.165, 1.54) is 0 Å². The van der Waals surface area contributed by atoms with Gasteiger partial charge in [0.05, 0.1) is 22.8 Å². The van der Waals surface area contributed by atoms with Crippen LogP contribution in [0.1, 0.15) is 36.5 Å². The third-order valence-corrected chi connectivity index (χ3v) is 5.10. The van der Waals surface area contributed by atoms with Crippen molar-refractivity contribution in [1.82, 2.24) is 14.9 Å². The van der Waals surface area contributed by atoms with Gasteiger partial charge >= 0.3 is 0 Å². The summed E-state index contributed by atoms with van der Waals surface area (Å²) in [5.74, 6) is 0.0787. The van der Waals surface area contributed by atoms with E-state index >= 15 is 0 Å². The average Bonchev–Trinajstić information content (AvgIpc) is 3.20. The van der Waals surface area contributed by atoms with Crippen LogP contribution >= 0.6 is 0 Å². The van der Waals surface area contributed by atoms with E-state index in [1.54, 1.807) is 12.4 Å². The van der Waals surface area contributed by atoms with E-state index in [0.29, 0.717) is 6.54 Å². The van der Waals surface area contributed by atoms with Gasteiger partial charge in [-0.3, -0.25) is 9.78 Å². The quantitative estimate of drug-likeness (QED) is 0.612. The highest BCUT2D eigenvalue weighted by Gasteiger charge is 2.27. The number of carbonyl (C=O) groups is 1. The van der Waals surface area contributed by atoms with Crippen LogP contribution in [0.3, 0.4) is 0 Å². The Hall–Kier alpha value is -3.01. The standard InChI is InChI=1S/C23H23N3O/c1-2-3-7-18-8-6-15-26(18)23(27)20-16-22(17-11-13-24-14-12-17)25-21-10-5-4-9-19(20)21/h4-6,8-14,16,18H,2-3,7,15H2,1H3/t18-/m0/s1. The Kier molecular flexibility index (Phi) is 4.97. The zero-order valence-corrected chi connectivity index (χ0v) is 15.5.